The molecule has 57 heavy (non-hydrogen) atoms. The molecule has 10 rings (SSSR count). The maximum absolute atomic E-state index is 13.4. The summed E-state index contributed by atoms with van der Waals surface area (Å²) in [4.78, 5) is 37.8. The monoisotopic (exact) mass is 804 g/mol. The number of nitro benzene ring substituents is 3. The van der Waals surface area contributed by atoms with Gasteiger partial charge in [0.15, 0.2) is 0 Å². The Morgan fingerprint density at radius 2 is 0.614 bits per heavy atom. The SMILES string of the molecule is O=[N+]([O-])c1c(Nc2cccc3c2sc2ccccc23)c([N+](=O)[O-])c(Nc2cccc3c2sc2ccccc23)c([N+](=O)[O-])c1Nc1cccc2c1sc1ccccc12. The summed E-state index contributed by atoms with van der Waals surface area (Å²) in [5.74, 6) is 0. The number of nitrogens with one attached hydrogen (secondary N) is 3. The summed E-state index contributed by atoms with van der Waals surface area (Å²) in [6.07, 6.45) is 0. The topological polar surface area (TPSA) is 166 Å². The maximum atomic E-state index is 13.4. The van der Waals surface area contributed by atoms with E-state index in [0.29, 0.717) is 31.2 Å². The van der Waals surface area contributed by atoms with Crippen LogP contribution in [0.3, 0.4) is 0 Å². The highest BCUT2D eigenvalue weighted by Gasteiger charge is 2.43. The molecule has 3 aromatic heterocycles. The van der Waals surface area contributed by atoms with Gasteiger partial charge in [0.25, 0.3) is 0 Å². The highest BCUT2D eigenvalue weighted by Crippen LogP contribution is 2.57. The van der Waals surface area contributed by atoms with Gasteiger partial charge in [0.2, 0.25) is 17.1 Å². The minimum atomic E-state index is -0.852. The van der Waals surface area contributed by atoms with Crippen molar-refractivity contribution in [2.75, 3.05) is 16.0 Å². The Morgan fingerprint density at radius 3 is 0.895 bits per heavy atom. The summed E-state index contributed by atoms with van der Waals surface area (Å²) in [5.41, 5.74) is -3.01. The van der Waals surface area contributed by atoms with Crippen molar-refractivity contribution >= 4 is 146 Å². The zero-order chi connectivity index (χ0) is 38.9. The lowest BCUT2D eigenvalue weighted by molar-refractivity contribution is -0.399. The highest BCUT2D eigenvalue weighted by atomic mass is 32.1. The molecular formula is C42H24N6O6S3. The first-order valence-electron chi connectivity index (χ1n) is 17.5. The highest BCUT2D eigenvalue weighted by molar-refractivity contribution is 7.27. The van der Waals surface area contributed by atoms with E-state index in [1.807, 2.05) is 91.0 Å². The lowest BCUT2D eigenvalue weighted by Crippen LogP contribution is -2.11. The number of hydrogen-bond donors (Lipinski definition) is 3. The number of hydrogen-bond acceptors (Lipinski definition) is 12. The van der Waals surface area contributed by atoms with Crippen LogP contribution < -0.4 is 16.0 Å². The summed E-state index contributed by atoms with van der Waals surface area (Å²) in [6, 6.07) is 39.2. The fourth-order valence-electron chi connectivity index (χ4n) is 7.56. The van der Waals surface area contributed by atoms with Gasteiger partial charge in [0.1, 0.15) is 0 Å². The van der Waals surface area contributed by atoms with Crippen LogP contribution >= 0.6 is 34.0 Å². The van der Waals surface area contributed by atoms with Crippen LogP contribution in [0.4, 0.5) is 51.2 Å². The summed E-state index contributed by atoms with van der Waals surface area (Å²) < 4.78 is 4.96. The van der Waals surface area contributed by atoms with Gasteiger partial charge >= 0.3 is 17.1 Å². The number of thiophene rings is 3. The molecule has 0 amide bonds. The Balaban J connectivity index is 1.28. The van der Waals surface area contributed by atoms with Crippen molar-refractivity contribution in [2.24, 2.45) is 0 Å². The number of nitrogens with zero attached hydrogens (tertiary/aromatic N) is 3. The smallest absolute Gasteiger partial charge is 0.330 e. The van der Waals surface area contributed by atoms with Gasteiger partial charge in [-0.05, 0) is 36.4 Å². The van der Waals surface area contributed by atoms with Crippen LogP contribution in [0.2, 0.25) is 0 Å². The minimum absolute atomic E-state index is 0.365. The van der Waals surface area contributed by atoms with Crippen molar-refractivity contribution in [2.45, 2.75) is 0 Å². The first-order chi connectivity index (χ1) is 27.8. The molecule has 0 aliphatic heterocycles. The number of anilines is 6. The number of fused-ring (bicyclic) bond motifs is 9. The van der Waals surface area contributed by atoms with Crippen LogP contribution in [0, 0.1) is 30.3 Å². The molecule has 12 nitrogen and oxygen atoms in total. The third kappa shape index (κ3) is 5.47. The lowest BCUT2D eigenvalue weighted by Gasteiger charge is -2.18. The predicted octanol–water partition coefficient (Wildman–Crippen LogP) is 13.7. The minimum Gasteiger partial charge on any atom is -0.343 e. The fourth-order valence-corrected chi connectivity index (χ4v) is 11.1. The Bertz CT molecular complexity index is 2980. The van der Waals surface area contributed by atoms with Crippen molar-refractivity contribution < 1.29 is 14.8 Å². The van der Waals surface area contributed by atoms with E-state index in [-0.39, 0.29) is 0 Å². The van der Waals surface area contributed by atoms with Crippen LogP contribution in [0.15, 0.2) is 127 Å². The second-order valence-corrected chi connectivity index (χ2v) is 16.3. The summed E-state index contributed by atoms with van der Waals surface area (Å²) in [5, 5.41) is 54.8. The largest absolute Gasteiger partial charge is 0.343 e. The standard InChI is InChI=1S/C42H24N6O6S3/c49-46(50)37-34(43-28-16-7-13-25-22-10-1-4-19-31(22)55-40(25)28)38(47(51)52)36(45-30-18-9-15-27-24-12-3-6-21-33(24)57-42(27)30)39(48(53)54)35(37)44-29-17-8-14-26-23-11-2-5-20-32(23)56-41(26)29/h1-21,43-45H. The zero-order valence-electron chi connectivity index (χ0n) is 29.1. The van der Waals surface area contributed by atoms with E-state index in [1.165, 1.54) is 34.0 Å². The van der Waals surface area contributed by atoms with Crippen LogP contribution in [0.1, 0.15) is 0 Å². The van der Waals surface area contributed by atoms with Gasteiger partial charge in [0, 0.05) is 46.4 Å². The molecule has 10 aromatic rings. The molecule has 0 aliphatic rings. The zero-order valence-corrected chi connectivity index (χ0v) is 31.6. The van der Waals surface area contributed by atoms with Crippen molar-refractivity contribution in [3.63, 3.8) is 0 Å². The second-order valence-electron chi connectivity index (χ2n) is 13.2. The second kappa shape index (κ2) is 13.2. The molecule has 3 heterocycles. The molecule has 0 saturated carbocycles. The average Bonchev–Trinajstić information content (AvgIpc) is 3.90. The van der Waals surface area contributed by atoms with Crippen molar-refractivity contribution in [3.05, 3.63) is 158 Å². The quantitative estimate of drug-likeness (QED) is 0.0950. The van der Waals surface area contributed by atoms with Gasteiger partial charge in [0.05, 0.1) is 45.9 Å². The van der Waals surface area contributed by atoms with E-state index in [9.17, 15) is 30.3 Å². The Labute approximate surface area is 332 Å². The fraction of sp³-hybridized carbons (Fsp3) is 0. The van der Waals surface area contributed by atoms with Gasteiger partial charge < -0.3 is 16.0 Å². The Morgan fingerprint density at radius 1 is 0.351 bits per heavy atom. The molecule has 276 valence electrons. The van der Waals surface area contributed by atoms with E-state index in [0.717, 1.165) is 46.4 Å². The first kappa shape index (κ1) is 34.3. The van der Waals surface area contributed by atoms with Gasteiger partial charge in [-0.2, -0.15) is 0 Å². The van der Waals surface area contributed by atoms with Crippen molar-refractivity contribution in [3.8, 4) is 0 Å². The van der Waals surface area contributed by atoms with Gasteiger partial charge in [-0.3, -0.25) is 30.3 Å². The van der Waals surface area contributed by atoms with Gasteiger partial charge in [-0.15, -0.1) is 34.0 Å². The third-order valence-electron chi connectivity index (χ3n) is 9.96. The number of benzene rings is 7. The van der Waals surface area contributed by atoms with Crippen molar-refractivity contribution in [1.29, 1.82) is 0 Å². The normalized spacial score (nSPS) is 11.6. The molecule has 0 saturated heterocycles. The van der Waals surface area contributed by atoms with E-state index in [4.69, 9.17) is 0 Å². The predicted molar refractivity (Wildman–Crippen MR) is 234 cm³/mol. The molecule has 3 N–H and O–H groups in total. The van der Waals surface area contributed by atoms with Crippen LogP contribution in [0.5, 0.6) is 0 Å². The molecule has 0 unspecified atom stereocenters. The third-order valence-corrected chi connectivity index (χ3v) is 13.6. The molecule has 0 radical (unpaired) electrons. The van der Waals surface area contributed by atoms with E-state index < -0.39 is 48.9 Å². The number of nitro groups is 3. The van der Waals surface area contributed by atoms with Crippen molar-refractivity contribution in [1.82, 2.24) is 0 Å². The summed E-state index contributed by atoms with van der Waals surface area (Å²) in [6.45, 7) is 0. The van der Waals surface area contributed by atoms with Gasteiger partial charge in [-0.25, -0.2) is 0 Å². The molecule has 0 aliphatic carbocycles. The number of rotatable bonds is 9. The average molecular weight is 805 g/mol. The Kier molecular flexibility index (Phi) is 7.96. The molecule has 0 atom stereocenters. The first-order valence-corrected chi connectivity index (χ1v) is 19.9. The van der Waals surface area contributed by atoms with Gasteiger partial charge in [-0.1, -0.05) is 91.0 Å². The van der Waals surface area contributed by atoms with Crippen LogP contribution in [0.25, 0.3) is 60.5 Å². The Hall–Kier alpha value is -7.20. The van der Waals surface area contributed by atoms with E-state index in [2.05, 4.69) is 16.0 Å². The molecular weight excluding hydrogens is 781 g/mol. The van der Waals surface area contributed by atoms with Crippen LogP contribution in [-0.2, 0) is 0 Å². The van der Waals surface area contributed by atoms with E-state index >= 15 is 0 Å². The summed E-state index contributed by atoms with van der Waals surface area (Å²) in [7, 11) is 0. The van der Waals surface area contributed by atoms with Crippen LogP contribution in [-0.4, -0.2) is 14.8 Å². The molecule has 0 bridgehead atoms. The lowest BCUT2D eigenvalue weighted by atomic mass is 10.1. The molecule has 7 aromatic carbocycles. The summed E-state index contributed by atoms with van der Waals surface area (Å²) >= 11 is 4.28. The molecule has 0 fully saturated rings. The molecule has 0 spiro atoms. The maximum Gasteiger partial charge on any atom is 0.330 e. The van der Waals surface area contributed by atoms with E-state index in [1.54, 1.807) is 36.4 Å². The molecule has 15 heteroatoms.